The van der Waals surface area contributed by atoms with Gasteiger partial charge in [-0.25, -0.2) is 0 Å². The molecule has 0 N–H and O–H groups in total. The van der Waals surface area contributed by atoms with Crippen LogP contribution >= 0.6 is 0 Å². The van der Waals surface area contributed by atoms with E-state index >= 15 is 0 Å². The van der Waals surface area contributed by atoms with E-state index in [9.17, 15) is 0 Å². The van der Waals surface area contributed by atoms with E-state index in [0.717, 1.165) is 17.9 Å². The van der Waals surface area contributed by atoms with E-state index in [-0.39, 0.29) is 0 Å². The maximum absolute atomic E-state index is 5.95. The predicted octanol–water partition coefficient (Wildman–Crippen LogP) is 5.53. The first-order chi connectivity index (χ1) is 12.0. The Morgan fingerprint density at radius 1 is 0.960 bits per heavy atom. The predicted molar refractivity (Wildman–Crippen MR) is 107 cm³/mol. The SMILES string of the molecule is C[Si](C)(C)CCOCn1ccc2ccc(OCc3ccccc3)cc21. The van der Waals surface area contributed by atoms with Crippen LogP contribution in [0.15, 0.2) is 60.8 Å². The summed E-state index contributed by atoms with van der Waals surface area (Å²) < 4.78 is 14.0. The number of aromatic nitrogens is 1. The first-order valence-corrected chi connectivity index (χ1v) is 12.6. The van der Waals surface area contributed by atoms with Gasteiger partial charge in [0.05, 0.1) is 5.52 Å². The van der Waals surface area contributed by atoms with Crippen molar-refractivity contribution >= 4 is 19.0 Å². The molecule has 0 aliphatic heterocycles. The fourth-order valence-corrected chi connectivity index (χ4v) is 3.40. The summed E-state index contributed by atoms with van der Waals surface area (Å²) in [6.45, 7) is 9.13. The molecule has 0 saturated carbocycles. The highest BCUT2D eigenvalue weighted by atomic mass is 28.3. The molecule has 0 bridgehead atoms. The normalized spacial score (nSPS) is 11.8. The van der Waals surface area contributed by atoms with E-state index < -0.39 is 8.07 Å². The van der Waals surface area contributed by atoms with Crippen LogP contribution in [0.1, 0.15) is 5.56 Å². The van der Waals surface area contributed by atoms with Crippen molar-refractivity contribution in [3.63, 3.8) is 0 Å². The van der Waals surface area contributed by atoms with Crippen LogP contribution in [0.2, 0.25) is 25.7 Å². The lowest BCUT2D eigenvalue weighted by Gasteiger charge is -2.16. The van der Waals surface area contributed by atoms with Crippen LogP contribution in [0.4, 0.5) is 0 Å². The lowest BCUT2D eigenvalue weighted by atomic mass is 10.2. The summed E-state index contributed by atoms with van der Waals surface area (Å²) in [4.78, 5) is 0. The topological polar surface area (TPSA) is 23.4 Å². The van der Waals surface area contributed by atoms with E-state index in [1.807, 2.05) is 24.3 Å². The van der Waals surface area contributed by atoms with Crippen LogP contribution in [-0.2, 0) is 18.1 Å². The molecule has 2 aromatic carbocycles. The van der Waals surface area contributed by atoms with Gasteiger partial charge in [-0.3, -0.25) is 0 Å². The number of ether oxygens (including phenoxy) is 2. The summed E-state index contributed by atoms with van der Waals surface area (Å²) in [7, 11) is -1.04. The lowest BCUT2D eigenvalue weighted by Crippen LogP contribution is -2.21. The van der Waals surface area contributed by atoms with Gasteiger partial charge < -0.3 is 14.0 Å². The second kappa shape index (κ2) is 7.89. The zero-order valence-electron chi connectivity index (χ0n) is 15.4. The van der Waals surface area contributed by atoms with Crippen molar-refractivity contribution in [2.75, 3.05) is 6.61 Å². The monoisotopic (exact) mass is 353 g/mol. The van der Waals surface area contributed by atoms with Gasteiger partial charge >= 0.3 is 0 Å². The Bertz CT molecular complexity index is 806. The summed E-state index contributed by atoms with van der Waals surface area (Å²) >= 11 is 0. The molecule has 0 amide bonds. The van der Waals surface area contributed by atoms with Gasteiger partial charge in [0.2, 0.25) is 0 Å². The van der Waals surface area contributed by atoms with E-state index in [1.165, 1.54) is 17.0 Å². The number of rotatable bonds is 8. The molecule has 3 nitrogen and oxygen atoms in total. The summed E-state index contributed by atoms with van der Waals surface area (Å²) in [5.41, 5.74) is 2.33. The smallest absolute Gasteiger partial charge is 0.122 e. The quantitative estimate of drug-likeness (QED) is 0.392. The average molecular weight is 354 g/mol. The highest BCUT2D eigenvalue weighted by Crippen LogP contribution is 2.23. The zero-order valence-corrected chi connectivity index (χ0v) is 16.4. The molecule has 0 fully saturated rings. The summed E-state index contributed by atoms with van der Waals surface area (Å²) in [5, 5.41) is 1.21. The number of hydrogen-bond donors (Lipinski definition) is 0. The Labute approximate surface area is 151 Å². The third kappa shape index (κ3) is 5.21. The molecule has 0 spiro atoms. The van der Waals surface area contributed by atoms with Crippen molar-refractivity contribution in [1.29, 1.82) is 0 Å². The summed E-state index contributed by atoms with van der Waals surface area (Å²) in [6, 6.07) is 19.8. The second-order valence-corrected chi connectivity index (χ2v) is 13.2. The van der Waals surface area contributed by atoms with Crippen LogP contribution in [-0.4, -0.2) is 19.2 Å². The number of nitrogens with zero attached hydrogens (tertiary/aromatic N) is 1. The van der Waals surface area contributed by atoms with E-state index in [1.54, 1.807) is 0 Å². The van der Waals surface area contributed by atoms with Gasteiger partial charge in [-0.15, -0.1) is 0 Å². The Morgan fingerprint density at radius 3 is 2.52 bits per heavy atom. The van der Waals surface area contributed by atoms with Crippen molar-refractivity contribution in [2.45, 2.75) is 39.0 Å². The van der Waals surface area contributed by atoms with Gasteiger partial charge in [-0.1, -0.05) is 50.0 Å². The molecular formula is C21H27NO2Si. The Hall–Kier alpha value is -2.04. The Balaban J connectivity index is 1.63. The van der Waals surface area contributed by atoms with Gasteiger partial charge in [-0.05, 0) is 35.2 Å². The Morgan fingerprint density at radius 2 is 1.76 bits per heavy atom. The number of fused-ring (bicyclic) bond motifs is 1. The first kappa shape index (κ1) is 17.8. The fraction of sp³-hybridized carbons (Fsp3) is 0.333. The molecule has 3 aromatic rings. The molecule has 0 radical (unpaired) electrons. The van der Waals surface area contributed by atoms with Gasteiger partial charge in [0.1, 0.15) is 19.1 Å². The summed E-state index contributed by atoms with van der Waals surface area (Å²) in [6.07, 6.45) is 2.08. The molecule has 1 aromatic heterocycles. The molecule has 132 valence electrons. The third-order valence-electron chi connectivity index (χ3n) is 4.22. The average Bonchev–Trinajstić information content (AvgIpc) is 2.99. The van der Waals surface area contributed by atoms with E-state index in [2.05, 4.69) is 60.7 Å². The van der Waals surface area contributed by atoms with Gasteiger partial charge in [0.15, 0.2) is 0 Å². The largest absolute Gasteiger partial charge is 0.489 e. The minimum atomic E-state index is -1.04. The highest BCUT2D eigenvalue weighted by Gasteiger charge is 2.12. The lowest BCUT2D eigenvalue weighted by molar-refractivity contribution is 0.0902. The van der Waals surface area contributed by atoms with Crippen molar-refractivity contribution < 1.29 is 9.47 Å². The molecule has 4 heteroatoms. The van der Waals surface area contributed by atoms with Gasteiger partial charge in [0.25, 0.3) is 0 Å². The molecule has 0 aliphatic carbocycles. The third-order valence-corrected chi connectivity index (χ3v) is 5.92. The molecule has 3 rings (SSSR count). The van der Waals surface area contributed by atoms with Gasteiger partial charge in [-0.2, -0.15) is 0 Å². The van der Waals surface area contributed by atoms with Crippen molar-refractivity contribution in [2.24, 2.45) is 0 Å². The molecule has 25 heavy (non-hydrogen) atoms. The maximum atomic E-state index is 5.95. The summed E-state index contributed by atoms with van der Waals surface area (Å²) in [5.74, 6) is 0.887. The van der Waals surface area contributed by atoms with Crippen molar-refractivity contribution in [3.05, 3.63) is 66.4 Å². The molecule has 0 aliphatic rings. The zero-order chi connectivity index (χ0) is 17.7. The van der Waals surface area contributed by atoms with Crippen LogP contribution in [0.5, 0.6) is 5.75 Å². The molecule has 0 unspecified atom stereocenters. The van der Waals surface area contributed by atoms with Crippen LogP contribution in [0, 0.1) is 0 Å². The van der Waals surface area contributed by atoms with Gasteiger partial charge in [0, 0.05) is 26.9 Å². The second-order valence-electron chi connectivity index (χ2n) is 7.63. The fourth-order valence-electron chi connectivity index (χ4n) is 2.65. The highest BCUT2D eigenvalue weighted by molar-refractivity contribution is 6.76. The number of hydrogen-bond acceptors (Lipinski definition) is 2. The van der Waals surface area contributed by atoms with Crippen LogP contribution in [0.3, 0.4) is 0 Å². The minimum absolute atomic E-state index is 0.583. The molecule has 0 saturated heterocycles. The molecule has 1 heterocycles. The Kier molecular flexibility index (Phi) is 5.61. The standard InChI is InChI=1S/C21H27NO2Si/c1-25(2,3)14-13-23-17-22-12-11-19-9-10-20(15-21(19)22)24-16-18-7-5-4-6-8-18/h4-12,15H,13-14,16-17H2,1-3H3. The number of benzene rings is 2. The molecular weight excluding hydrogens is 326 g/mol. The van der Waals surface area contributed by atoms with E-state index in [0.29, 0.717) is 13.3 Å². The van der Waals surface area contributed by atoms with E-state index in [4.69, 9.17) is 9.47 Å². The van der Waals surface area contributed by atoms with Crippen LogP contribution < -0.4 is 4.74 Å². The van der Waals surface area contributed by atoms with Crippen LogP contribution in [0.25, 0.3) is 10.9 Å². The molecule has 0 atom stereocenters. The first-order valence-electron chi connectivity index (χ1n) is 8.85. The minimum Gasteiger partial charge on any atom is -0.489 e. The van der Waals surface area contributed by atoms with Crippen molar-refractivity contribution in [1.82, 2.24) is 4.57 Å². The van der Waals surface area contributed by atoms with Crippen molar-refractivity contribution in [3.8, 4) is 5.75 Å². The maximum Gasteiger partial charge on any atom is 0.122 e.